The number of allylic oxidation sites excluding steroid dienone is 7. The Balaban J connectivity index is 1.79. The van der Waals surface area contributed by atoms with Crippen LogP contribution in [0.5, 0.6) is 0 Å². The normalized spacial score (nSPS) is 40.4. The summed E-state index contributed by atoms with van der Waals surface area (Å²) in [4.78, 5) is 0. The van der Waals surface area contributed by atoms with Gasteiger partial charge in [0.05, 0.1) is 5.54 Å². The maximum Gasteiger partial charge on any atom is 0.0601 e. The molecule has 1 heteroatoms. The number of hydrogen-bond donors (Lipinski definition) is 1. The van der Waals surface area contributed by atoms with Crippen molar-refractivity contribution in [2.75, 3.05) is 0 Å². The van der Waals surface area contributed by atoms with Crippen molar-refractivity contribution in [3.63, 3.8) is 0 Å². The first-order chi connectivity index (χ1) is 8.78. The van der Waals surface area contributed by atoms with E-state index in [9.17, 15) is 0 Å². The summed E-state index contributed by atoms with van der Waals surface area (Å²) in [7, 11) is 0. The molecule has 1 saturated carbocycles. The Labute approximate surface area is 108 Å². The van der Waals surface area contributed by atoms with E-state index in [0.717, 1.165) is 12.3 Å². The second kappa shape index (κ2) is 3.58. The van der Waals surface area contributed by atoms with Gasteiger partial charge in [0, 0.05) is 0 Å². The fourth-order valence-electron chi connectivity index (χ4n) is 4.11. The lowest BCUT2D eigenvalue weighted by molar-refractivity contribution is 0.323. The van der Waals surface area contributed by atoms with E-state index in [2.05, 4.69) is 42.5 Å². The summed E-state index contributed by atoms with van der Waals surface area (Å²) < 4.78 is 0. The molecule has 0 amide bonds. The maximum absolute atomic E-state index is 6.51. The Hall–Kier alpha value is -1.34. The molecule has 2 N–H and O–H groups in total. The van der Waals surface area contributed by atoms with Crippen molar-refractivity contribution in [3.05, 3.63) is 59.3 Å². The molecule has 18 heavy (non-hydrogen) atoms. The molecule has 4 aliphatic rings. The van der Waals surface area contributed by atoms with Crippen molar-refractivity contribution in [2.45, 2.75) is 31.2 Å². The van der Waals surface area contributed by atoms with E-state index in [1.54, 1.807) is 0 Å². The molecule has 0 unspecified atom stereocenters. The van der Waals surface area contributed by atoms with Crippen molar-refractivity contribution < 1.29 is 0 Å². The van der Waals surface area contributed by atoms with Crippen molar-refractivity contribution in [1.82, 2.24) is 0 Å². The quantitative estimate of drug-likeness (QED) is 0.686. The van der Waals surface area contributed by atoms with Gasteiger partial charge in [0.2, 0.25) is 0 Å². The molecule has 3 atom stereocenters. The summed E-state index contributed by atoms with van der Waals surface area (Å²) in [5, 5.41) is 0. The van der Waals surface area contributed by atoms with Gasteiger partial charge in [0.1, 0.15) is 0 Å². The Bertz CT molecular complexity index is 544. The molecular formula is C17H19N. The Morgan fingerprint density at radius 2 is 2.06 bits per heavy atom. The molecule has 1 nitrogen and oxygen atoms in total. The molecule has 0 spiro atoms. The molecule has 4 aliphatic carbocycles. The van der Waals surface area contributed by atoms with Gasteiger partial charge in [-0.1, -0.05) is 42.5 Å². The summed E-state index contributed by atoms with van der Waals surface area (Å²) >= 11 is 0. The highest BCUT2D eigenvalue weighted by molar-refractivity contribution is 5.56. The lowest BCUT2D eigenvalue weighted by Crippen LogP contribution is -2.45. The standard InChI is InChI=1S/C17H19N/c18-17-10-3-6-16(17)15-8-7-12-4-1-2-5-13(12)14(15)9-11-17/h1,3-4,6-8,10,13-14H,2,5,9,11,18H2/t13-,14+,17+/m0/s1. The molecule has 0 saturated heterocycles. The molecule has 0 aromatic heterocycles. The van der Waals surface area contributed by atoms with E-state index in [4.69, 9.17) is 5.73 Å². The van der Waals surface area contributed by atoms with E-state index in [1.165, 1.54) is 36.0 Å². The smallest absolute Gasteiger partial charge is 0.0601 e. The summed E-state index contributed by atoms with van der Waals surface area (Å²) in [6.45, 7) is 0. The van der Waals surface area contributed by atoms with Crippen LogP contribution in [0.15, 0.2) is 59.3 Å². The molecule has 4 rings (SSSR count). The van der Waals surface area contributed by atoms with Gasteiger partial charge in [-0.2, -0.15) is 0 Å². The SMILES string of the molecule is N[C@@]12C=CC=C1C1=CC=C3C=CCC[C@@H]3[C@H]1CC2. The number of hydrogen-bond acceptors (Lipinski definition) is 1. The fourth-order valence-corrected chi connectivity index (χ4v) is 4.11. The van der Waals surface area contributed by atoms with E-state index >= 15 is 0 Å². The summed E-state index contributed by atoms with van der Waals surface area (Å²) in [5.41, 5.74) is 10.8. The highest BCUT2D eigenvalue weighted by atomic mass is 14.8. The lowest BCUT2D eigenvalue weighted by Gasteiger charge is -2.44. The first-order valence-corrected chi connectivity index (χ1v) is 7.05. The van der Waals surface area contributed by atoms with Gasteiger partial charge in [-0.05, 0) is 54.2 Å². The first kappa shape index (κ1) is 10.6. The summed E-state index contributed by atoms with van der Waals surface area (Å²) in [6.07, 6.45) is 20.7. The third-order valence-corrected chi connectivity index (χ3v) is 5.06. The largest absolute Gasteiger partial charge is 0.318 e. The van der Waals surface area contributed by atoms with Gasteiger partial charge >= 0.3 is 0 Å². The van der Waals surface area contributed by atoms with Gasteiger partial charge in [-0.25, -0.2) is 0 Å². The van der Waals surface area contributed by atoms with Gasteiger partial charge in [-0.15, -0.1) is 0 Å². The van der Waals surface area contributed by atoms with Crippen LogP contribution in [0.3, 0.4) is 0 Å². The molecule has 0 aromatic carbocycles. The Morgan fingerprint density at radius 1 is 1.11 bits per heavy atom. The molecule has 0 aromatic rings. The second-order valence-electron chi connectivity index (χ2n) is 6.00. The molecule has 0 bridgehead atoms. The third-order valence-electron chi connectivity index (χ3n) is 5.06. The Kier molecular flexibility index (Phi) is 2.10. The molecule has 0 radical (unpaired) electrons. The Morgan fingerprint density at radius 3 is 3.00 bits per heavy atom. The zero-order valence-corrected chi connectivity index (χ0v) is 10.6. The van der Waals surface area contributed by atoms with Crippen LogP contribution in [0.4, 0.5) is 0 Å². The zero-order chi connectivity index (χ0) is 12.2. The van der Waals surface area contributed by atoms with Crippen LogP contribution in [0, 0.1) is 11.8 Å². The van der Waals surface area contributed by atoms with E-state index < -0.39 is 0 Å². The van der Waals surface area contributed by atoms with Crippen molar-refractivity contribution in [3.8, 4) is 0 Å². The van der Waals surface area contributed by atoms with Gasteiger partial charge in [0.15, 0.2) is 0 Å². The van der Waals surface area contributed by atoms with Crippen molar-refractivity contribution in [2.24, 2.45) is 17.6 Å². The third kappa shape index (κ3) is 1.31. The maximum atomic E-state index is 6.51. The predicted molar refractivity (Wildman–Crippen MR) is 74.9 cm³/mol. The minimum Gasteiger partial charge on any atom is -0.318 e. The minimum absolute atomic E-state index is 0.168. The topological polar surface area (TPSA) is 26.0 Å². The van der Waals surface area contributed by atoms with Crippen LogP contribution >= 0.6 is 0 Å². The second-order valence-corrected chi connectivity index (χ2v) is 6.00. The summed E-state index contributed by atoms with van der Waals surface area (Å²) in [5.74, 6) is 1.44. The highest BCUT2D eigenvalue weighted by Crippen LogP contribution is 2.50. The number of nitrogens with two attached hydrogens (primary N) is 1. The number of fused-ring (bicyclic) bond motifs is 5. The highest BCUT2D eigenvalue weighted by Gasteiger charge is 2.43. The van der Waals surface area contributed by atoms with Crippen molar-refractivity contribution in [1.29, 1.82) is 0 Å². The molecule has 0 aliphatic heterocycles. The number of rotatable bonds is 0. The molecule has 1 fully saturated rings. The van der Waals surface area contributed by atoms with E-state index in [-0.39, 0.29) is 5.54 Å². The lowest BCUT2D eigenvalue weighted by atomic mass is 9.62. The first-order valence-electron chi connectivity index (χ1n) is 7.05. The monoisotopic (exact) mass is 237 g/mol. The van der Waals surface area contributed by atoms with Gasteiger partial charge < -0.3 is 5.73 Å². The van der Waals surface area contributed by atoms with Gasteiger partial charge in [-0.3, -0.25) is 0 Å². The van der Waals surface area contributed by atoms with Crippen LogP contribution in [0.1, 0.15) is 25.7 Å². The van der Waals surface area contributed by atoms with Crippen molar-refractivity contribution >= 4 is 0 Å². The fraction of sp³-hybridized carbons (Fsp3) is 0.412. The molecule has 0 heterocycles. The zero-order valence-electron chi connectivity index (χ0n) is 10.6. The molecular weight excluding hydrogens is 218 g/mol. The molecule has 92 valence electrons. The van der Waals surface area contributed by atoms with Crippen LogP contribution in [0.2, 0.25) is 0 Å². The van der Waals surface area contributed by atoms with Crippen LogP contribution in [-0.4, -0.2) is 5.54 Å². The average Bonchev–Trinajstić information content (AvgIpc) is 2.80. The van der Waals surface area contributed by atoms with E-state index in [0.29, 0.717) is 5.92 Å². The van der Waals surface area contributed by atoms with Crippen LogP contribution in [0.25, 0.3) is 0 Å². The average molecular weight is 237 g/mol. The van der Waals surface area contributed by atoms with E-state index in [1.807, 2.05) is 0 Å². The van der Waals surface area contributed by atoms with Crippen LogP contribution < -0.4 is 5.73 Å². The summed E-state index contributed by atoms with van der Waals surface area (Å²) in [6, 6.07) is 0. The van der Waals surface area contributed by atoms with Gasteiger partial charge in [0.25, 0.3) is 0 Å². The predicted octanol–water partition coefficient (Wildman–Crippen LogP) is 3.42. The van der Waals surface area contributed by atoms with Crippen LogP contribution in [-0.2, 0) is 0 Å². The minimum atomic E-state index is -0.168.